The van der Waals surface area contributed by atoms with Crippen molar-refractivity contribution in [2.45, 2.75) is 32.6 Å². The number of imidazole rings is 1. The first-order chi connectivity index (χ1) is 16.9. The molecular formula is C27H26FN5O2. The van der Waals surface area contributed by atoms with Crippen molar-refractivity contribution in [1.82, 2.24) is 15.0 Å². The molecule has 0 saturated heterocycles. The molecule has 0 radical (unpaired) electrons. The number of amides is 2. The molecule has 1 fully saturated rings. The van der Waals surface area contributed by atoms with Gasteiger partial charge < -0.3 is 15.6 Å². The number of hydrogen-bond acceptors (Lipinski definition) is 4. The minimum Gasteiger partial charge on any atom is -0.337 e. The van der Waals surface area contributed by atoms with E-state index in [1.165, 1.54) is 24.3 Å². The zero-order valence-electron chi connectivity index (χ0n) is 19.3. The van der Waals surface area contributed by atoms with Gasteiger partial charge >= 0.3 is 0 Å². The van der Waals surface area contributed by atoms with E-state index in [0.717, 1.165) is 36.8 Å². The largest absolute Gasteiger partial charge is 0.337 e. The summed E-state index contributed by atoms with van der Waals surface area (Å²) in [6.07, 6.45) is 5.68. The van der Waals surface area contributed by atoms with Crippen LogP contribution in [0.3, 0.4) is 0 Å². The number of H-pyrrole nitrogens is 1. The van der Waals surface area contributed by atoms with Crippen LogP contribution in [0.1, 0.15) is 43.0 Å². The van der Waals surface area contributed by atoms with E-state index >= 15 is 0 Å². The number of benzene rings is 2. The standard InChI is InChI=1S/C27H26FN5O2/c1-16-2-4-18(5-3-16)27(35)33-24-14-22-23(15-29-24)32-25(31-22)17-8-12-21(13-9-17)30-26(34)19-6-10-20(28)11-7-19/h6-16,18H,2-5H2,1H3,(H,30,34)(H,31,32)(H,29,33,35). The van der Waals surface area contributed by atoms with Crippen molar-refractivity contribution in [1.29, 1.82) is 0 Å². The van der Waals surface area contributed by atoms with E-state index in [1.807, 2.05) is 12.1 Å². The van der Waals surface area contributed by atoms with Crippen molar-refractivity contribution < 1.29 is 14.0 Å². The van der Waals surface area contributed by atoms with Gasteiger partial charge in [0.1, 0.15) is 17.5 Å². The highest BCUT2D eigenvalue weighted by atomic mass is 19.1. The fraction of sp³-hybridized carbons (Fsp3) is 0.259. The topological polar surface area (TPSA) is 99.8 Å². The van der Waals surface area contributed by atoms with Crippen molar-refractivity contribution >= 4 is 34.4 Å². The van der Waals surface area contributed by atoms with Crippen LogP contribution in [-0.2, 0) is 4.79 Å². The molecule has 178 valence electrons. The Bertz CT molecular complexity index is 1360. The van der Waals surface area contributed by atoms with Crippen LogP contribution in [-0.4, -0.2) is 26.8 Å². The van der Waals surface area contributed by atoms with E-state index in [4.69, 9.17) is 0 Å². The Hall–Kier alpha value is -4.07. The zero-order valence-corrected chi connectivity index (χ0v) is 19.3. The highest BCUT2D eigenvalue weighted by Crippen LogP contribution is 2.29. The molecule has 4 aromatic rings. The van der Waals surface area contributed by atoms with E-state index in [0.29, 0.717) is 34.3 Å². The van der Waals surface area contributed by atoms with E-state index in [-0.39, 0.29) is 23.5 Å². The molecule has 3 N–H and O–H groups in total. The first kappa shape index (κ1) is 22.7. The molecule has 8 heteroatoms. The second-order valence-corrected chi connectivity index (χ2v) is 9.16. The van der Waals surface area contributed by atoms with Gasteiger partial charge in [-0.3, -0.25) is 9.59 Å². The van der Waals surface area contributed by atoms with Gasteiger partial charge in [0.15, 0.2) is 0 Å². The fourth-order valence-electron chi connectivity index (χ4n) is 4.38. The van der Waals surface area contributed by atoms with E-state index in [9.17, 15) is 14.0 Å². The maximum absolute atomic E-state index is 13.1. The van der Waals surface area contributed by atoms with Crippen LogP contribution in [0, 0.1) is 17.7 Å². The molecular weight excluding hydrogens is 445 g/mol. The van der Waals surface area contributed by atoms with Gasteiger partial charge in [-0.1, -0.05) is 6.92 Å². The monoisotopic (exact) mass is 471 g/mol. The number of pyridine rings is 1. The molecule has 2 heterocycles. The Morgan fingerprint density at radius 2 is 1.69 bits per heavy atom. The Morgan fingerprint density at radius 3 is 2.40 bits per heavy atom. The van der Waals surface area contributed by atoms with Crippen molar-refractivity contribution in [2.75, 3.05) is 10.6 Å². The molecule has 2 amide bonds. The molecule has 0 bridgehead atoms. The molecule has 0 atom stereocenters. The van der Waals surface area contributed by atoms with Crippen LogP contribution in [0.5, 0.6) is 0 Å². The summed E-state index contributed by atoms with van der Waals surface area (Å²) in [6, 6.07) is 14.4. The number of anilines is 2. The Balaban J connectivity index is 1.26. The van der Waals surface area contributed by atoms with Crippen LogP contribution < -0.4 is 10.6 Å². The van der Waals surface area contributed by atoms with Gasteiger partial charge in [0, 0.05) is 28.8 Å². The molecule has 1 aliphatic rings. The smallest absolute Gasteiger partial charge is 0.255 e. The predicted molar refractivity (Wildman–Crippen MR) is 133 cm³/mol. The summed E-state index contributed by atoms with van der Waals surface area (Å²) in [6.45, 7) is 2.23. The minimum absolute atomic E-state index is 0.0257. The van der Waals surface area contributed by atoms with Gasteiger partial charge in [0.25, 0.3) is 5.91 Å². The zero-order chi connectivity index (χ0) is 24.4. The SMILES string of the molecule is CC1CCC(C(=O)Nc2cc3nc(-c4ccc(NC(=O)c5ccc(F)cc5)cc4)[nH]c3cn2)CC1. The molecule has 0 spiro atoms. The maximum Gasteiger partial charge on any atom is 0.255 e. The van der Waals surface area contributed by atoms with Crippen molar-refractivity contribution in [2.24, 2.45) is 11.8 Å². The average molecular weight is 472 g/mol. The van der Waals surface area contributed by atoms with Gasteiger partial charge in [0.05, 0.1) is 17.2 Å². The number of aromatic amines is 1. The molecule has 0 unspecified atom stereocenters. The second-order valence-electron chi connectivity index (χ2n) is 9.16. The lowest BCUT2D eigenvalue weighted by molar-refractivity contribution is -0.121. The molecule has 2 aromatic heterocycles. The molecule has 2 aromatic carbocycles. The molecule has 7 nitrogen and oxygen atoms in total. The number of nitrogens with zero attached hydrogens (tertiary/aromatic N) is 2. The van der Waals surface area contributed by atoms with Crippen molar-refractivity contribution in [3.8, 4) is 11.4 Å². The second kappa shape index (κ2) is 9.66. The van der Waals surface area contributed by atoms with Crippen LogP contribution in [0.4, 0.5) is 15.9 Å². The normalized spacial score (nSPS) is 17.8. The van der Waals surface area contributed by atoms with Gasteiger partial charge in [-0.05, 0) is 80.1 Å². The quantitative estimate of drug-likeness (QED) is 0.343. The third-order valence-corrected chi connectivity index (χ3v) is 6.53. The summed E-state index contributed by atoms with van der Waals surface area (Å²) in [4.78, 5) is 37.2. The summed E-state index contributed by atoms with van der Waals surface area (Å²) < 4.78 is 13.1. The number of hydrogen-bond donors (Lipinski definition) is 3. The first-order valence-electron chi connectivity index (χ1n) is 11.8. The number of carbonyl (C=O) groups excluding carboxylic acids is 2. The van der Waals surface area contributed by atoms with E-state index in [1.54, 1.807) is 24.4 Å². The summed E-state index contributed by atoms with van der Waals surface area (Å²) in [5, 5.41) is 5.74. The van der Waals surface area contributed by atoms with Crippen LogP contribution in [0.25, 0.3) is 22.4 Å². The third kappa shape index (κ3) is 5.21. The number of rotatable bonds is 5. The number of nitrogens with one attached hydrogen (secondary N) is 3. The van der Waals surface area contributed by atoms with Crippen LogP contribution in [0.15, 0.2) is 60.8 Å². The molecule has 1 aliphatic carbocycles. The van der Waals surface area contributed by atoms with Crippen LogP contribution >= 0.6 is 0 Å². The number of fused-ring (bicyclic) bond motifs is 1. The highest BCUT2D eigenvalue weighted by molar-refractivity contribution is 6.04. The summed E-state index contributed by atoms with van der Waals surface area (Å²) in [5.41, 5.74) is 3.29. The highest BCUT2D eigenvalue weighted by Gasteiger charge is 2.24. The van der Waals surface area contributed by atoms with E-state index in [2.05, 4.69) is 32.5 Å². The Morgan fingerprint density at radius 1 is 0.971 bits per heavy atom. The Labute approximate surface area is 202 Å². The van der Waals surface area contributed by atoms with Crippen molar-refractivity contribution in [3.05, 3.63) is 72.2 Å². The van der Waals surface area contributed by atoms with Gasteiger partial charge in [0.2, 0.25) is 5.91 Å². The molecule has 35 heavy (non-hydrogen) atoms. The van der Waals surface area contributed by atoms with Crippen molar-refractivity contribution in [3.63, 3.8) is 0 Å². The first-order valence-corrected chi connectivity index (χ1v) is 11.8. The fourth-order valence-corrected chi connectivity index (χ4v) is 4.38. The number of aromatic nitrogens is 3. The number of carbonyl (C=O) groups is 2. The summed E-state index contributed by atoms with van der Waals surface area (Å²) in [7, 11) is 0. The average Bonchev–Trinajstić information content (AvgIpc) is 3.29. The van der Waals surface area contributed by atoms with Gasteiger partial charge in [-0.2, -0.15) is 0 Å². The lowest BCUT2D eigenvalue weighted by atomic mass is 9.82. The summed E-state index contributed by atoms with van der Waals surface area (Å²) >= 11 is 0. The van der Waals surface area contributed by atoms with Crippen LogP contribution in [0.2, 0.25) is 0 Å². The third-order valence-electron chi connectivity index (χ3n) is 6.53. The predicted octanol–water partition coefficient (Wildman–Crippen LogP) is 5.78. The van der Waals surface area contributed by atoms with E-state index < -0.39 is 0 Å². The lowest BCUT2D eigenvalue weighted by Gasteiger charge is -2.25. The number of halogens is 1. The van der Waals surface area contributed by atoms with Gasteiger partial charge in [-0.15, -0.1) is 0 Å². The minimum atomic E-state index is -0.389. The Kier molecular flexibility index (Phi) is 6.27. The van der Waals surface area contributed by atoms with Gasteiger partial charge in [-0.25, -0.2) is 14.4 Å². The molecule has 5 rings (SSSR count). The summed E-state index contributed by atoms with van der Waals surface area (Å²) in [5.74, 6) is 1.21. The molecule has 1 saturated carbocycles. The lowest BCUT2D eigenvalue weighted by Crippen LogP contribution is -2.26. The molecule has 0 aliphatic heterocycles. The maximum atomic E-state index is 13.1.